The molecule has 114 valence electrons. The minimum Gasteiger partial charge on any atom is -0.327 e. The van der Waals surface area contributed by atoms with E-state index in [2.05, 4.69) is 45.0 Å². The molecule has 0 amide bonds. The summed E-state index contributed by atoms with van der Waals surface area (Å²) in [6, 6.07) is 8.68. The molecule has 1 aromatic heterocycles. The van der Waals surface area contributed by atoms with Crippen LogP contribution in [0.4, 0.5) is 0 Å². The Morgan fingerprint density at radius 1 is 1.24 bits per heavy atom. The van der Waals surface area contributed by atoms with Gasteiger partial charge in [-0.15, -0.1) is 11.3 Å². The zero-order valence-corrected chi connectivity index (χ0v) is 14.6. The van der Waals surface area contributed by atoms with E-state index in [0.29, 0.717) is 16.7 Å². The van der Waals surface area contributed by atoms with Crippen molar-refractivity contribution in [1.82, 2.24) is 4.98 Å². The molecule has 1 saturated carbocycles. The molecule has 2 aromatic rings. The Kier molecular flexibility index (Phi) is 4.30. The fourth-order valence-electron chi connectivity index (χ4n) is 3.11. The number of para-hydroxylation sites is 1. The molecule has 1 aliphatic carbocycles. The van der Waals surface area contributed by atoms with Crippen molar-refractivity contribution in [2.75, 3.05) is 0 Å². The average molecular weight is 321 g/mol. The van der Waals surface area contributed by atoms with Gasteiger partial charge in [0.2, 0.25) is 0 Å². The van der Waals surface area contributed by atoms with Crippen LogP contribution < -0.4 is 5.73 Å². The summed E-state index contributed by atoms with van der Waals surface area (Å²) in [6.45, 7) is 7.07. The average Bonchev–Trinajstić information content (AvgIpc) is 2.82. The van der Waals surface area contributed by atoms with Crippen molar-refractivity contribution in [3.8, 4) is 0 Å². The number of fused-ring (bicyclic) bond motifs is 1. The van der Waals surface area contributed by atoms with Crippen LogP contribution >= 0.6 is 23.1 Å². The van der Waals surface area contributed by atoms with Crippen molar-refractivity contribution in [3.05, 3.63) is 24.3 Å². The summed E-state index contributed by atoms with van der Waals surface area (Å²) in [5.74, 6) is 0.768. The Morgan fingerprint density at radius 3 is 2.71 bits per heavy atom. The van der Waals surface area contributed by atoms with Gasteiger partial charge in [0.15, 0.2) is 4.34 Å². The van der Waals surface area contributed by atoms with E-state index in [1.165, 1.54) is 21.9 Å². The third-order valence-corrected chi connectivity index (χ3v) is 7.10. The van der Waals surface area contributed by atoms with Crippen molar-refractivity contribution in [2.24, 2.45) is 17.1 Å². The lowest BCUT2D eigenvalue weighted by Gasteiger charge is -2.40. The van der Waals surface area contributed by atoms with Crippen LogP contribution in [0.25, 0.3) is 10.2 Å². The Bertz CT molecular complexity index is 582. The highest BCUT2D eigenvalue weighted by Crippen LogP contribution is 2.44. The number of nitrogens with two attached hydrogens (primary N) is 1. The van der Waals surface area contributed by atoms with Gasteiger partial charge in [0.05, 0.1) is 10.2 Å². The van der Waals surface area contributed by atoms with E-state index in [0.717, 1.165) is 17.9 Å². The number of hydrogen-bond donors (Lipinski definition) is 1. The molecular formula is C17H24N2S2. The largest absolute Gasteiger partial charge is 0.327 e. The molecule has 2 nitrogen and oxygen atoms in total. The Balaban J connectivity index is 1.75. The van der Waals surface area contributed by atoms with Gasteiger partial charge in [0.25, 0.3) is 0 Å². The summed E-state index contributed by atoms with van der Waals surface area (Å²) in [5.41, 5.74) is 7.88. The van der Waals surface area contributed by atoms with E-state index < -0.39 is 0 Å². The van der Waals surface area contributed by atoms with Crippen molar-refractivity contribution < 1.29 is 0 Å². The summed E-state index contributed by atoms with van der Waals surface area (Å²) in [6.07, 6.45) is 3.62. The highest BCUT2D eigenvalue weighted by molar-refractivity contribution is 8.01. The second-order valence-corrected chi connectivity index (χ2v) is 9.66. The van der Waals surface area contributed by atoms with Gasteiger partial charge < -0.3 is 5.73 Å². The van der Waals surface area contributed by atoms with Crippen molar-refractivity contribution in [1.29, 1.82) is 0 Å². The van der Waals surface area contributed by atoms with Gasteiger partial charge in [0.1, 0.15) is 0 Å². The molecule has 0 aliphatic heterocycles. The summed E-state index contributed by atoms with van der Waals surface area (Å²) in [7, 11) is 0. The molecule has 4 heteroatoms. The number of nitrogens with zero attached hydrogens (tertiary/aromatic N) is 1. The first-order valence-corrected chi connectivity index (χ1v) is 9.41. The van der Waals surface area contributed by atoms with Crippen molar-refractivity contribution in [2.45, 2.75) is 55.7 Å². The molecule has 3 rings (SSSR count). The monoisotopic (exact) mass is 320 g/mol. The second-order valence-electron chi connectivity index (χ2n) is 7.14. The number of thioether (sulfide) groups is 1. The maximum Gasteiger partial charge on any atom is 0.151 e. The molecule has 1 aromatic carbocycles. The van der Waals surface area contributed by atoms with E-state index in [1.54, 1.807) is 11.3 Å². The van der Waals surface area contributed by atoms with Gasteiger partial charge in [-0.05, 0) is 42.7 Å². The lowest BCUT2D eigenvalue weighted by atomic mass is 9.71. The van der Waals surface area contributed by atoms with Gasteiger partial charge in [-0.2, -0.15) is 0 Å². The molecule has 1 aliphatic rings. The van der Waals surface area contributed by atoms with Crippen molar-refractivity contribution in [3.63, 3.8) is 0 Å². The van der Waals surface area contributed by atoms with Crippen LogP contribution in [0.2, 0.25) is 0 Å². The first-order valence-electron chi connectivity index (χ1n) is 7.71. The van der Waals surface area contributed by atoms with Crippen LogP contribution in [0.5, 0.6) is 0 Å². The molecule has 0 spiro atoms. The van der Waals surface area contributed by atoms with E-state index in [-0.39, 0.29) is 0 Å². The molecule has 0 saturated heterocycles. The van der Waals surface area contributed by atoms with E-state index in [4.69, 9.17) is 10.7 Å². The maximum atomic E-state index is 6.38. The highest BCUT2D eigenvalue weighted by Gasteiger charge is 2.35. The normalized spacial score (nSPS) is 27.1. The standard InChI is InChI=1S/C17H24N2S2/c1-17(2,3)11-8-9-12(18)15(10-11)21-16-19-13-6-4-5-7-14(13)20-16/h4-7,11-12,15H,8-10,18H2,1-3H3. The summed E-state index contributed by atoms with van der Waals surface area (Å²) in [4.78, 5) is 4.75. The third-order valence-electron chi connectivity index (χ3n) is 4.59. The molecule has 21 heavy (non-hydrogen) atoms. The summed E-state index contributed by atoms with van der Waals surface area (Å²) < 4.78 is 2.45. The summed E-state index contributed by atoms with van der Waals surface area (Å²) >= 11 is 3.70. The Hall–Kier alpha value is -0.580. The van der Waals surface area contributed by atoms with Crippen LogP contribution in [0.3, 0.4) is 0 Å². The lowest BCUT2D eigenvalue weighted by Crippen LogP contribution is -2.41. The van der Waals surface area contributed by atoms with Gasteiger partial charge in [0, 0.05) is 11.3 Å². The second kappa shape index (κ2) is 5.90. The molecular weight excluding hydrogens is 296 g/mol. The van der Waals surface area contributed by atoms with Crippen LogP contribution in [0.15, 0.2) is 28.6 Å². The SMILES string of the molecule is CC(C)(C)C1CCC(N)C(Sc2nc3ccccc3s2)C1. The van der Waals surface area contributed by atoms with Gasteiger partial charge in [-0.3, -0.25) is 0 Å². The highest BCUT2D eigenvalue weighted by atomic mass is 32.2. The number of rotatable bonds is 2. The smallest absolute Gasteiger partial charge is 0.151 e. The van der Waals surface area contributed by atoms with E-state index in [1.807, 2.05) is 11.8 Å². The predicted octanol–water partition coefficient (Wildman–Crippen LogP) is 4.93. The van der Waals surface area contributed by atoms with Gasteiger partial charge >= 0.3 is 0 Å². The predicted molar refractivity (Wildman–Crippen MR) is 94.0 cm³/mol. The van der Waals surface area contributed by atoms with Crippen LogP contribution in [-0.2, 0) is 0 Å². The quantitative estimate of drug-likeness (QED) is 0.852. The fraction of sp³-hybridized carbons (Fsp3) is 0.588. The van der Waals surface area contributed by atoms with Crippen molar-refractivity contribution >= 4 is 33.3 Å². The Morgan fingerprint density at radius 2 is 2.00 bits per heavy atom. The van der Waals surface area contributed by atoms with Crippen LogP contribution in [0, 0.1) is 11.3 Å². The molecule has 1 fully saturated rings. The molecule has 2 N–H and O–H groups in total. The minimum atomic E-state index is 0.306. The molecule has 1 heterocycles. The van der Waals surface area contributed by atoms with Crippen LogP contribution in [-0.4, -0.2) is 16.3 Å². The summed E-state index contributed by atoms with van der Waals surface area (Å²) in [5, 5.41) is 0.503. The number of benzene rings is 1. The fourth-order valence-corrected chi connectivity index (χ4v) is 5.68. The minimum absolute atomic E-state index is 0.306. The van der Waals surface area contributed by atoms with E-state index in [9.17, 15) is 0 Å². The number of hydrogen-bond acceptors (Lipinski definition) is 4. The zero-order chi connectivity index (χ0) is 15.0. The first-order chi connectivity index (χ1) is 9.93. The van der Waals surface area contributed by atoms with Gasteiger partial charge in [-0.25, -0.2) is 4.98 Å². The molecule has 0 radical (unpaired) electrons. The first kappa shape index (κ1) is 15.3. The topological polar surface area (TPSA) is 38.9 Å². The Labute approximate surface area is 135 Å². The van der Waals surface area contributed by atoms with Gasteiger partial charge in [-0.1, -0.05) is 44.7 Å². The molecule has 3 unspecified atom stereocenters. The number of aromatic nitrogens is 1. The third kappa shape index (κ3) is 3.43. The zero-order valence-electron chi connectivity index (χ0n) is 13.0. The van der Waals surface area contributed by atoms with Crippen LogP contribution in [0.1, 0.15) is 40.0 Å². The number of thiazole rings is 1. The van der Waals surface area contributed by atoms with E-state index >= 15 is 0 Å². The maximum absolute atomic E-state index is 6.38. The molecule has 0 bridgehead atoms. The lowest BCUT2D eigenvalue weighted by molar-refractivity contribution is 0.174. The molecule has 3 atom stereocenters.